The topological polar surface area (TPSA) is 68.3 Å². The van der Waals surface area contributed by atoms with Crippen molar-refractivity contribution >= 4 is 12.2 Å². The third-order valence-corrected chi connectivity index (χ3v) is 4.81. The van der Waals surface area contributed by atoms with E-state index in [1.165, 1.54) is 9.80 Å². The van der Waals surface area contributed by atoms with Crippen LogP contribution in [0.2, 0.25) is 0 Å². The number of nitrogens with zero attached hydrogens (tertiary/aromatic N) is 2. The average molecular weight is 408 g/mol. The Morgan fingerprint density at radius 3 is 2.38 bits per heavy atom. The third-order valence-electron chi connectivity index (χ3n) is 4.81. The number of alkyl halides is 1. The summed E-state index contributed by atoms with van der Waals surface area (Å²) < 4.78 is 30.9. The fourth-order valence-corrected chi connectivity index (χ4v) is 3.26. The molecule has 2 amide bonds. The van der Waals surface area contributed by atoms with E-state index in [4.69, 9.17) is 14.2 Å². The molecule has 8 heteroatoms. The second-order valence-corrected chi connectivity index (χ2v) is 8.47. The van der Waals surface area contributed by atoms with Crippen LogP contribution in [-0.4, -0.2) is 72.1 Å². The van der Waals surface area contributed by atoms with Crippen LogP contribution in [0.1, 0.15) is 32.8 Å². The smallest absolute Gasteiger partial charge is 0.410 e. The Morgan fingerprint density at radius 1 is 1.07 bits per heavy atom. The summed E-state index contributed by atoms with van der Waals surface area (Å²) in [5.74, 6) is 0. The lowest BCUT2D eigenvalue weighted by atomic mass is 10.0. The van der Waals surface area contributed by atoms with Gasteiger partial charge in [0.05, 0.1) is 31.8 Å². The zero-order valence-corrected chi connectivity index (χ0v) is 17.2. The van der Waals surface area contributed by atoms with Gasteiger partial charge in [-0.05, 0) is 32.8 Å². The van der Waals surface area contributed by atoms with Crippen LogP contribution >= 0.6 is 0 Å². The molecule has 160 valence electrons. The SMILES string of the molecule is CC(C)(C)OC(=O)N1CCC(OC2CN(C(=O)OCc3ccccc3)C2)[C@@H](F)C1. The van der Waals surface area contributed by atoms with Crippen LogP contribution in [-0.2, 0) is 20.8 Å². The van der Waals surface area contributed by atoms with E-state index < -0.39 is 30.1 Å². The highest BCUT2D eigenvalue weighted by molar-refractivity contribution is 5.69. The molecule has 1 aromatic rings. The Bertz CT molecular complexity index is 703. The maximum Gasteiger partial charge on any atom is 0.410 e. The van der Waals surface area contributed by atoms with Gasteiger partial charge in [-0.25, -0.2) is 14.0 Å². The number of likely N-dealkylation sites (tertiary alicyclic amines) is 2. The van der Waals surface area contributed by atoms with Crippen LogP contribution in [0, 0.1) is 0 Å². The second-order valence-electron chi connectivity index (χ2n) is 8.47. The first-order valence-electron chi connectivity index (χ1n) is 9.94. The van der Waals surface area contributed by atoms with Crippen molar-refractivity contribution < 1.29 is 28.2 Å². The first-order valence-corrected chi connectivity index (χ1v) is 9.94. The molecule has 0 aromatic heterocycles. The second kappa shape index (κ2) is 8.98. The van der Waals surface area contributed by atoms with Gasteiger partial charge >= 0.3 is 12.2 Å². The van der Waals surface area contributed by atoms with Crippen molar-refractivity contribution in [2.45, 2.75) is 57.8 Å². The van der Waals surface area contributed by atoms with Crippen molar-refractivity contribution in [1.29, 1.82) is 0 Å². The monoisotopic (exact) mass is 408 g/mol. The predicted molar refractivity (Wildman–Crippen MR) is 104 cm³/mol. The molecular formula is C21H29FN2O5. The van der Waals surface area contributed by atoms with E-state index in [1.807, 2.05) is 30.3 Å². The molecule has 2 aliphatic rings. The number of carbonyl (C=O) groups excluding carboxylic acids is 2. The summed E-state index contributed by atoms with van der Waals surface area (Å²) in [6, 6.07) is 9.45. The number of halogens is 1. The van der Waals surface area contributed by atoms with Gasteiger partial charge in [-0.3, -0.25) is 0 Å². The number of ether oxygens (including phenoxy) is 3. The molecule has 7 nitrogen and oxygen atoms in total. The van der Waals surface area contributed by atoms with Gasteiger partial charge in [-0.1, -0.05) is 30.3 Å². The van der Waals surface area contributed by atoms with E-state index in [0.29, 0.717) is 26.1 Å². The van der Waals surface area contributed by atoms with Gasteiger partial charge in [-0.2, -0.15) is 0 Å². The van der Waals surface area contributed by atoms with Gasteiger partial charge in [0, 0.05) is 6.54 Å². The van der Waals surface area contributed by atoms with Gasteiger partial charge in [0.1, 0.15) is 18.4 Å². The van der Waals surface area contributed by atoms with E-state index in [0.717, 1.165) is 5.56 Å². The first-order chi connectivity index (χ1) is 13.7. The summed E-state index contributed by atoms with van der Waals surface area (Å²) in [4.78, 5) is 27.0. The molecule has 0 N–H and O–H groups in total. The molecule has 0 spiro atoms. The third kappa shape index (κ3) is 6.06. The first kappa shape index (κ1) is 21.4. The van der Waals surface area contributed by atoms with Crippen molar-refractivity contribution in [2.24, 2.45) is 0 Å². The van der Waals surface area contributed by atoms with E-state index in [-0.39, 0.29) is 19.3 Å². The van der Waals surface area contributed by atoms with Gasteiger partial charge in [-0.15, -0.1) is 0 Å². The minimum absolute atomic E-state index is 0.0465. The Morgan fingerprint density at radius 2 is 1.76 bits per heavy atom. The average Bonchev–Trinajstić information content (AvgIpc) is 2.62. The molecule has 3 rings (SSSR count). The maximum atomic E-state index is 14.5. The minimum Gasteiger partial charge on any atom is -0.445 e. The summed E-state index contributed by atoms with van der Waals surface area (Å²) in [6.07, 6.45) is -2.58. The highest BCUT2D eigenvalue weighted by Gasteiger charge is 2.39. The van der Waals surface area contributed by atoms with Crippen molar-refractivity contribution in [3.8, 4) is 0 Å². The van der Waals surface area contributed by atoms with Crippen LogP contribution < -0.4 is 0 Å². The summed E-state index contributed by atoms with van der Waals surface area (Å²) in [5, 5.41) is 0. The van der Waals surface area contributed by atoms with Crippen LogP contribution in [0.25, 0.3) is 0 Å². The van der Waals surface area contributed by atoms with Crippen molar-refractivity contribution in [2.75, 3.05) is 26.2 Å². The van der Waals surface area contributed by atoms with Gasteiger partial charge in [0.25, 0.3) is 0 Å². The normalized spacial score (nSPS) is 22.8. The highest BCUT2D eigenvalue weighted by Crippen LogP contribution is 2.24. The number of carbonyl (C=O) groups is 2. The summed E-state index contributed by atoms with van der Waals surface area (Å²) >= 11 is 0. The molecule has 2 aliphatic heterocycles. The van der Waals surface area contributed by atoms with Gasteiger partial charge < -0.3 is 24.0 Å². The number of piperidine rings is 1. The number of hydrogen-bond acceptors (Lipinski definition) is 5. The number of rotatable bonds is 4. The van der Waals surface area contributed by atoms with Crippen molar-refractivity contribution in [3.63, 3.8) is 0 Å². The maximum absolute atomic E-state index is 14.5. The fraction of sp³-hybridized carbons (Fsp3) is 0.619. The molecule has 0 bridgehead atoms. The van der Waals surface area contributed by atoms with Gasteiger partial charge in [0.2, 0.25) is 0 Å². The van der Waals surface area contributed by atoms with Crippen molar-refractivity contribution in [1.82, 2.24) is 9.80 Å². The Hall–Kier alpha value is -2.35. The van der Waals surface area contributed by atoms with E-state index in [1.54, 1.807) is 20.8 Å². The molecule has 2 atom stereocenters. The molecule has 29 heavy (non-hydrogen) atoms. The Labute approximate surface area is 170 Å². The number of amides is 2. The lowest BCUT2D eigenvalue weighted by Gasteiger charge is -2.42. The minimum atomic E-state index is -1.28. The highest BCUT2D eigenvalue weighted by atomic mass is 19.1. The molecular weight excluding hydrogens is 379 g/mol. The zero-order chi connectivity index (χ0) is 21.0. The van der Waals surface area contributed by atoms with Crippen LogP contribution in [0.15, 0.2) is 30.3 Å². The summed E-state index contributed by atoms with van der Waals surface area (Å²) in [6.45, 7) is 6.66. The molecule has 2 heterocycles. The predicted octanol–water partition coefficient (Wildman–Crippen LogP) is 3.37. The molecule has 2 saturated heterocycles. The molecule has 0 saturated carbocycles. The summed E-state index contributed by atoms with van der Waals surface area (Å²) in [5.41, 5.74) is 0.312. The largest absolute Gasteiger partial charge is 0.445 e. The van der Waals surface area contributed by atoms with Crippen LogP contribution in [0.4, 0.5) is 14.0 Å². The fourth-order valence-electron chi connectivity index (χ4n) is 3.26. The van der Waals surface area contributed by atoms with E-state index in [9.17, 15) is 14.0 Å². The standard InChI is InChI=1S/C21H29FN2O5/c1-21(2,3)29-20(26)23-10-9-18(17(22)13-23)28-16-11-24(12-16)19(25)27-14-15-7-5-4-6-8-15/h4-8,16-18H,9-14H2,1-3H3/t17-,18?/m0/s1. The summed E-state index contributed by atoms with van der Waals surface area (Å²) in [7, 11) is 0. The zero-order valence-electron chi connectivity index (χ0n) is 17.2. The molecule has 1 unspecified atom stereocenters. The lowest BCUT2D eigenvalue weighted by Crippen LogP contribution is -2.58. The molecule has 1 aromatic carbocycles. The molecule has 0 aliphatic carbocycles. The lowest BCUT2D eigenvalue weighted by molar-refractivity contribution is -0.125. The Kier molecular flexibility index (Phi) is 6.62. The van der Waals surface area contributed by atoms with Crippen LogP contribution in [0.3, 0.4) is 0 Å². The van der Waals surface area contributed by atoms with E-state index in [2.05, 4.69) is 0 Å². The molecule has 2 fully saturated rings. The van der Waals surface area contributed by atoms with E-state index >= 15 is 0 Å². The Balaban J connectivity index is 1.36. The van der Waals surface area contributed by atoms with Crippen LogP contribution in [0.5, 0.6) is 0 Å². The van der Waals surface area contributed by atoms with Crippen molar-refractivity contribution in [3.05, 3.63) is 35.9 Å². The van der Waals surface area contributed by atoms with Gasteiger partial charge in [0.15, 0.2) is 0 Å². The number of benzene rings is 1. The molecule has 0 radical (unpaired) electrons. The number of hydrogen-bond donors (Lipinski definition) is 0. The quantitative estimate of drug-likeness (QED) is 0.764.